The monoisotopic (exact) mass is 498 g/mol. The number of aryl methyl sites for hydroxylation is 2. The molecule has 2 aromatic rings. The van der Waals surface area contributed by atoms with Gasteiger partial charge in [0.2, 0.25) is 0 Å². The van der Waals surface area contributed by atoms with Crippen LogP contribution in [0.1, 0.15) is 150 Å². The fraction of sp³-hybridized carbons (Fsp3) is 0.676. The molecule has 0 aromatic heterocycles. The molecule has 3 aliphatic carbocycles. The van der Waals surface area contributed by atoms with Gasteiger partial charge in [0.1, 0.15) is 0 Å². The highest BCUT2D eigenvalue weighted by Crippen LogP contribution is 2.63. The van der Waals surface area contributed by atoms with Crippen LogP contribution in [0, 0.1) is 25.7 Å². The molecule has 2 aromatic carbocycles. The van der Waals surface area contributed by atoms with Crippen molar-refractivity contribution in [1.29, 1.82) is 0 Å². The summed E-state index contributed by atoms with van der Waals surface area (Å²) in [6.45, 7) is 9.47. The number of fused-ring (bicyclic) bond motifs is 1. The third-order valence-electron chi connectivity index (χ3n) is 10.5. The van der Waals surface area contributed by atoms with Crippen molar-refractivity contribution < 1.29 is 0 Å². The number of benzene rings is 2. The van der Waals surface area contributed by atoms with Crippen LogP contribution in [0.15, 0.2) is 24.3 Å². The molecule has 1 spiro atoms. The summed E-state index contributed by atoms with van der Waals surface area (Å²) in [6, 6.07) is 9.89. The van der Waals surface area contributed by atoms with E-state index in [9.17, 15) is 0 Å². The molecule has 2 atom stereocenters. The quantitative estimate of drug-likeness (QED) is 0.227. The molecule has 3 aliphatic rings. The zero-order chi connectivity index (χ0) is 25.8. The van der Waals surface area contributed by atoms with Crippen LogP contribution in [0.4, 0.5) is 0 Å². The fourth-order valence-electron chi connectivity index (χ4n) is 8.73. The predicted octanol–water partition coefficient (Wildman–Crippen LogP) is 11.2. The van der Waals surface area contributed by atoms with Crippen LogP contribution in [0.25, 0.3) is 11.1 Å². The second-order valence-electron chi connectivity index (χ2n) is 13.3. The summed E-state index contributed by atoms with van der Waals surface area (Å²) in [6.07, 6.45) is 25.4. The fourth-order valence-corrected chi connectivity index (χ4v) is 8.73. The number of hydrogen-bond acceptors (Lipinski definition) is 0. The van der Waals surface area contributed by atoms with E-state index >= 15 is 0 Å². The normalized spacial score (nSPS) is 23.2. The third kappa shape index (κ3) is 5.33. The highest BCUT2D eigenvalue weighted by atomic mass is 14.6. The van der Waals surface area contributed by atoms with Gasteiger partial charge >= 0.3 is 0 Å². The Balaban J connectivity index is 1.41. The Morgan fingerprint density at radius 3 is 1.41 bits per heavy atom. The lowest BCUT2D eigenvalue weighted by molar-refractivity contribution is 0.236. The Morgan fingerprint density at radius 1 is 0.568 bits per heavy atom. The summed E-state index contributed by atoms with van der Waals surface area (Å²) in [5, 5.41) is 0. The summed E-state index contributed by atoms with van der Waals surface area (Å²) in [5.41, 5.74) is 13.7. The highest BCUT2D eigenvalue weighted by Gasteiger charge is 2.52. The predicted molar refractivity (Wildman–Crippen MR) is 162 cm³/mol. The smallest absolute Gasteiger partial charge is 0.0226 e. The maximum Gasteiger partial charge on any atom is 0.0226 e. The minimum Gasteiger partial charge on any atom is -0.0654 e. The van der Waals surface area contributed by atoms with E-state index in [0.29, 0.717) is 5.41 Å². The van der Waals surface area contributed by atoms with Crippen molar-refractivity contribution in [2.45, 2.75) is 149 Å². The van der Waals surface area contributed by atoms with Gasteiger partial charge in [-0.2, -0.15) is 0 Å². The van der Waals surface area contributed by atoms with Crippen LogP contribution in [0.3, 0.4) is 0 Å². The SMILES string of the molecule is CCCCCCCCC1Cc2c(C)ccc3c2C2(C1)CC(CCCCCCCC)Cc1c(C)ccc-3c12. The van der Waals surface area contributed by atoms with Crippen LogP contribution in [0.5, 0.6) is 0 Å². The van der Waals surface area contributed by atoms with Crippen LogP contribution in [0.2, 0.25) is 0 Å². The molecule has 0 bridgehead atoms. The second kappa shape index (κ2) is 12.1. The molecule has 0 aliphatic heterocycles. The van der Waals surface area contributed by atoms with Crippen LogP contribution < -0.4 is 0 Å². The molecule has 0 radical (unpaired) electrons. The molecular weight excluding hydrogens is 444 g/mol. The van der Waals surface area contributed by atoms with Crippen LogP contribution in [-0.4, -0.2) is 0 Å². The van der Waals surface area contributed by atoms with Gasteiger partial charge in [-0.3, -0.25) is 0 Å². The van der Waals surface area contributed by atoms with Crippen molar-refractivity contribution in [3.05, 3.63) is 57.6 Å². The van der Waals surface area contributed by atoms with Crippen LogP contribution in [-0.2, 0) is 18.3 Å². The molecule has 0 heterocycles. The van der Waals surface area contributed by atoms with Crippen molar-refractivity contribution in [1.82, 2.24) is 0 Å². The molecule has 0 saturated heterocycles. The van der Waals surface area contributed by atoms with Gasteiger partial charge in [0.25, 0.3) is 0 Å². The van der Waals surface area contributed by atoms with Gasteiger partial charge in [0.05, 0.1) is 0 Å². The van der Waals surface area contributed by atoms with Crippen molar-refractivity contribution in [2.24, 2.45) is 11.8 Å². The molecule has 37 heavy (non-hydrogen) atoms. The maximum atomic E-state index is 2.50. The molecule has 202 valence electrons. The number of hydrogen-bond donors (Lipinski definition) is 0. The largest absolute Gasteiger partial charge is 0.0654 e. The molecule has 0 fully saturated rings. The summed E-state index contributed by atoms with van der Waals surface area (Å²) < 4.78 is 0. The lowest BCUT2D eigenvalue weighted by Crippen LogP contribution is -2.40. The zero-order valence-corrected chi connectivity index (χ0v) is 24.7. The van der Waals surface area contributed by atoms with Crippen molar-refractivity contribution in [2.75, 3.05) is 0 Å². The van der Waals surface area contributed by atoms with E-state index in [-0.39, 0.29) is 0 Å². The minimum absolute atomic E-state index is 0.309. The van der Waals surface area contributed by atoms with Gasteiger partial charge in [0, 0.05) is 5.41 Å². The van der Waals surface area contributed by atoms with E-state index in [4.69, 9.17) is 0 Å². The second-order valence-corrected chi connectivity index (χ2v) is 13.3. The first kappa shape index (κ1) is 27.0. The summed E-state index contributed by atoms with van der Waals surface area (Å²) >= 11 is 0. The van der Waals surface area contributed by atoms with Gasteiger partial charge in [-0.1, -0.05) is 128 Å². The first-order valence-corrected chi connectivity index (χ1v) is 16.3. The van der Waals surface area contributed by atoms with Gasteiger partial charge in [-0.05, 0) is 95.9 Å². The van der Waals surface area contributed by atoms with Crippen molar-refractivity contribution in [3.63, 3.8) is 0 Å². The average Bonchev–Trinajstić information content (AvgIpc) is 3.18. The summed E-state index contributed by atoms with van der Waals surface area (Å²) in [5.74, 6) is 1.72. The van der Waals surface area contributed by atoms with Crippen molar-refractivity contribution >= 4 is 0 Å². The first-order valence-electron chi connectivity index (χ1n) is 16.3. The van der Waals surface area contributed by atoms with E-state index < -0.39 is 0 Å². The van der Waals surface area contributed by atoms with E-state index in [1.807, 2.05) is 0 Å². The average molecular weight is 499 g/mol. The molecule has 0 amide bonds. The van der Waals surface area contributed by atoms with E-state index in [0.717, 1.165) is 11.8 Å². The summed E-state index contributed by atoms with van der Waals surface area (Å²) in [7, 11) is 0. The van der Waals surface area contributed by atoms with Gasteiger partial charge < -0.3 is 0 Å². The van der Waals surface area contributed by atoms with Crippen LogP contribution >= 0.6 is 0 Å². The zero-order valence-electron chi connectivity index (χ0n) is 24.7. The van der Waals surface area contributed by atoms with Gasteiger partial charge in [-0.25, -0.2) is 0 Å². The maximum absolute atomic E-state index is 2.50. The molecular formula is C37H54. The molecule has 0 heteroatoms. The molecule has 0 N–H and O–H groups in total. The number of rotatable bonds is 14. The topological polar surface area (TPSA) is 0 Å². The minimum atomic E-state index is 0.309. The van der Waals surface area contributed by atoms with E-state index in [2.05, 4.69) is 52.0 Å². The third-order valence-corrected chi connectivity index (χ3v) is 10.5. The first-order chi connectivity index (χ1) is 18.1. The standard InChI is InChI=1S/C37H54/c1-5-7-9-11-13-15-17-29-23-33-27(3)19-21-31-32-22-20-28(4)34-24-30(18-16-14-12-10-8-6-2)26-37(25-29,35(31)33)36(32)34/h19-22,29-30H,5-18,23-26H2,1-4H3. The Morgan fingerprint density at radius 2 is 0.973 bits per heavy atom. The molecule has 5 rings (SSSR count). The van der Waals surface area contributed by atoms with Gasteiger partial charge in [0.15, 0.2) is 0 Å². The molecule has 0 nitrogen and oxygen atoms in total. The van der Waals surface area contributed by atoms with E-state index in [1.165, 1.54) is 116 Å². The van der Waals surface area contributed by atoms with E-state index in [1.54, 1.807) is 44.5 Å². The lowest BCUT2D eigenvalue weighted by Gasteiger charge is -2.47. The highest BCUT2D eigenvalue weighted by molar-refractivity contribution is 5.85. The Bertz CT molecular complexity index is 971. The Hall–Kier alpha value is -1.56. The van der Waals surface area contributed by atoms with Gasteiger partial charge in [-0.15, -0.1) is 0 Å². The molecule has 2 unspecified atom stereocenters. The van der Waals surface area contributed by atoms with Crippen molar-refractivity contribution in [3.8, 4) is 11.1 Å². The Kier molecular flexibility index (Phi) is 8.83. The number of unbranched alkanes of at least 4 members (excludes halogenated alkanes) is 10. The molecule has 0 saturated carbocycles. The summed E-state index contributed by atoms with van der Waals surface area (Å²) in [4.78, 5) is 0. The Labute approximate surface area is 229 Å². The lowest BCUT2D eigenvalue weighted by atomic mass is 9.56.